The summed E-state index contributed by atoms with van der Waals surface area (Å²) in [5.74, 6) is 0.545. The zero-order chi connectivity index (χ0) is 30.0. The van der Waals surface area contributed by atoms with Crippen molar-refractivity contribution in [2.45, 2.75) is 46.1 Å². The molecule has 3 aromatic carbocycles. The van der Waals surface area contributed by atoms with Gasteiger partial charge in [0.2, 0.25) is 17.8 Å². The fourth-order valence-electron chi connectivity index (χ4n) is 4.93. The van der Waals surface area contributed by atoms with E-state index < -0.39 is 0 Å². The van der Waals surface area contributed by atoms with Gasteiger partial charge in [0.1, 0.15) is 0 Å². The third-order valence-corrected chi connectivity index (χ3v) is 7.38. The van der Waals surface area contributed by atoms with Crippen molar-refractivity contribution in [3.8, 4) is 11.4 Å². The van der Waals surface area contributed by atoms with Crippen molar-refractivity contribution in [2.75, 3.05) is 22.5 Å². The number of hydrogen-bond acceptors (Lipinski definition) is 7. The van der Waals surface area contributed by atoms with E-state index in [0.29, 0.717) is 30.4 Å². The number of nitrogens with two attached hydrogens (primary N) is 1. The molecule has 0 fully saturated rings. The van der Waals surface area contributed by atoms with E-state index in [1.165, 1.54) is 11.6 Å². The number of aromatic nitrogens is 3. The van der Waals surface area contributed by atoms with Gasteiger partial charge in [-0.2, -0.15) is 15.0 Å². The van der Waals surface area contributed by atoms with Crippen LogP contribution in [0.4, 0.5) is 23.3 Å². The van der Waals surface area contributed by atoms with Crippen LogP contribution >= 0.6 is 0 Å². The van der Waals surface area contributed by atoms with Crippen LogP contribution in [0, 0.1) is 6.92 Å². The topological polar surface area (TPSA) is 126 Å². The molecule has 1 aliphatic rings. The second-order valence-electron chi connectivity index (χ2n) is 11.4. The van der Waals surface area contributed by atoms with E-state index in [0.717, 1.165) is 40.0 Å². The first-order valence-electron chi connectivity index (χ1n) is 13.9. The van der Waals surface area contributed by atoms with E-state index >= 15 is 0 Å². The molecule has 4 aromatic rings. The van der Waals surface area contributed by atoms with Crippen LogP contribution in [0.3, 0.4) is 0 Å². The van der Waals surface area contributed by atoms with Gasteiger partial charge in [-0.05, 0) is 77.4 Å². The van der Waals surface area contributed by atoms with E-state index in [2.05, 4.69) is 52.9 Å². The molecule has 42 heavy (non-hydrogen) atoms. The summed E-state index contributed by atoms with van der Waals surface area (Å²) in [6.45, 7) is 13.0. The lowest BCUT2D eigenvalue weighted by molar-refractivity contribution is -0.114. The minimum Gasteiger partial charge on any atom is -0.368 e. The van der Waals surface area contributed by atoms with E-state index in [-0.39, 0.29) is 23.2 Å². The number of hydrogen-bond donors (Lipinski definition) is 3. The van der Waals surface area contributed by atoms with Gasteiger partial charge < -0.3 is 21.3 Å². The summed E-state index contributed by atoms with van der Waals surface area (Å²) in [5, 5.41) is 6.20. The Morgan fingerprint density at radius 1 is 1.02 bits per heavy atom. The standard InChI is InChI=1S/C33H35N7O2/c1-6-28(41)40-16-15-21-11-14-26(18-27(21)40)36-32-38-29(37-31(34)39-32)23-7-8-24(20(2)17-23)19-35-30(42)22-9-12-25(13-10-22)33(3,4)5/h6-14,17-18H,1,15-16,19H2,2-5H3,(H,35,42)(H3,34,36,37,38,39). The summed E-state index contributed by atoms with van der Waals surface area (Å²) >= 11 is 0. The first kappa shape index (κ1) is 28.5. The molecular formula is C33H35N7O2. The molecule has 0 saturated heterocycles. The third-order valence-electron chi connectivity index (χ3n) is 7.38. The first-order valence-corrected chi connectivity index (χ1v) is 13.9. The molecule has 0 aliphatic carbocycles. The van der Waals surface area contributed by atoms with E-state index in [9.17, 15) is 9.59 Å². The van der Waals surface area contributed by atoms with Crippen molar-refractivity contribution in [3.63, 3.8) is 0 Å². The Bertz CT molecular complexity index is 1670. The number of nitrogen functional groups attached to an aromatic ring is 1. The highest BCUT2D eigenvalue weighted by Crippen LogP contribution is 2.32. The molecule has 0 bridgehead atoms. The monoisotopic (exact) mass is 561 g/mol. The average Bonchev–Trinajstić information content (AvgIpc) is 3.38. The van der Waals surface area contributed by atoms with E-state index in [1.807, 2.05) is 67.6 Å². The van der Waals surface area contributed by atoms with Crippen LogP contribution in [0.15, 0.2) is 73.3 Å². The molecule has 214 valence electrons. The summed E-state index contributed by atoms with van der Waals surface area (Å²) < 4.78 is 0. The molecule has 1 aliphatic heterocycles. The number of amides is 2. The number of benzene rings is 3. The molecule has 1 aromatic heterocycles. The van der Waals surface area contributed by atoms with Gasteiger partial charge in [0, 0.05) is 35.6 Å². The number of fused-ring (bicyclic) bond motifs is 1. The summed E-state index contributed by atoms with van der Waals surface area (Å²) in [4.78, 5) is 39.9. The Morgan fingerprint density at radius 2 is 1.79 bits per heavy atom. The van der Waals surface area contributed by atoms with Gasteiger partial charge in [-0.15, -0.1) is 0 Å². The molecular weight excluding hydrogens is 526 g/mol. The van der Waals surface area contributed by atoms with Gasteiger partial charge in [0.05, 0.1) is 0 Å². The number of aryl methyl sites for hydroxylation is 1. The SMILES string of the molecule is C=CC(=O)N1CCc2ccc(Nc3nc(N)nc(-c4ccc(CNC(=O)c5ccc(C(C)(C)C)cc5)c(C)c4)n3)cc21. The summed E-state index contributed by atoms with van der Waals surface area (Å²) in [7, 11) is 0. The number of carbonyl (C=O) groups is 2. The van der Waals surface area contributed by atoms with Gasteiger partial charge in [-0.3, -0.25) is 9.59 Å². The maximum absolute atomic E-state index is 12.8. The Hall–Kier alpha value is -5.05. The Balaban J connectivity index is 1.29. The molecule has 2 amide bonds. The van der Waals surface area contributed by atoms with Crippen LogP contribution in [0.1, 0.15) is 53.4 Å². The van der Waals surface area contributed by atoms with E-state index in [4.69, 9.17) is 5.73 Å². The lowest BCUT2D eigenvalue weighted by atomic mass is 9.87. The summed E-state index contributed by atoms with van der Waals surface area (Å²) in [6.07, 6.45) is 2.11. The van der Waals surface area contributed by atoms with Crippen LogP contribution in [0.2, 0.25) is 0 Å². The molecule has 0 spiro atoms. The molecule has 5 rings (SSSR count). The normalized spacial score (nSPS) is 12.5. The third kappa shape index (κ3) is 6.15. The molecule has 2 heterocycles. The van der Waals surface area contributed by atoms with Crippen molar-refractivity contribution >= 4 is 35.1 Å². The Morgan fingerprint density at radius 3 is 2.48 bits per heavy atom. The quantitative estimate of drug-likeness (QED) is 0.255. The maximum atomic E-state index is 12.8. The fraction of sp³-hybridized carbons (Fsp3) is 0.242. The minimum absolute atomic E-state index is 0.0321. The molecule has 4 N–H and O–H groups in total. The number of carbonyl (C=O) groups excluding carboxylic acids is 2. The molecule has 0 radical (unpaired) electrons. The highest BCUT2D eigenvalue weighted by atomic mass is 16.2. The van der Waals surface area contributed by atoms with Crippen LogP contribution in [0.5, 0.6) is 0 Å². The van der Waals surface area contributed by atoms with Gasteiger partial charge >= 0.3 is 0 Å². The zero-order valence-corrected chi connectivity index (χ0v) is 24.4. The second-order valence-corrected chi connectivity index (χ2v) is 11.4. The largest absolute Gasteiger partial charge is 0.368 e. The highest BCUT2D eigenvalue weighted by molar-refractivity contribution is 6.03. The van der Waals surface area contributed by atoms with Gasteiger partial charge in [0.25, 0.3) is 5.91 Å². The van der Waals surface area contributed by atoms with Gasteiger partial charge in [-0.1, -0.05) is 57.7 Å². The smallest absolute Gasteiger partial charge is 0.251 e. The Kier molecular flexibility index (Phi) is 7.76. The number of anilines is 4. The van der Waals surface area contributed by atoms with Gasteiger partial charge in [-0.25, -0.2) is 0 Å². The summed E-state index contributed by atoms with van der Waals surface area (Å²) in [6, 6.07) is 19.4. The predicted molar refractivity (Wildman–Crippen MR) is 167 cm³/mol. The Labute approximate surface area is 245 Å². The number of nitrogens with one attached hydrogen (secondary N) is 2. The van der Waals surface area contributed by atoms with Crippen LogP contribution in [-0.2, 0) is 23.2 Å². The zero-order valence-electron chi connectivity index (χ0n) is 24.4. The average molecular weight is 562 g/mol. The molecule has 0 saturated carbocycles. The van der Waals surface area contributed by atoms with Crippen LogP contribution in [0.25, 0.3) is 11.4 Å². The predicted octanol–water partition coefficient (Wildman–Crippen LogP) is 5.48. The lowest BCUT2D eigenvalue weighted by Crippen LogP contribution is -2.26. The lowest BCUT2D eigenvalue weighted by Gasteiger charge is -2.19. The fourth-order valence-corrected chi connectivity index (χ4v) is 4.93. The number of nitrogens with zero attached hydrogens (tertiary/aromatic N) is 4. The van der Waals surface area contributed by atoms with Crippen molar-refractivity contribution in [2.24, 2.45) is 0 Å². The van der Waals surface area contributed by atoms with Crippen LogP contribution < -0.4 is 21.3 Å². The molecule has 0 atom stereocenters. The molecule has 9 nitrogen and oxygen atoms in total. The minimum atomic E-state index is -0.134. The van der Waals surface area contributed by atoms with Crippen molar-refractivity contribution in [1.82, 2.24) is 20.3 Å². The number of rotatable bonds is 7. The maximum Gasteiger partial charge on any atom is 0.251 e. The van der Waals surface area contributed by atoms with Crippen molar-refractivity contribution in [1.29, 1.82) is 0 Å². The van der Waals surface area contributed by atoms with Gasteiger partial charge in [0.15, 0.2) is 5.82 Å². The molecule has 9 heteroatoms. The summed E-state index contributed by atoms with van der Waals surface area (Å²) in [5.41, 5.74) is 13.3. The van der Waals surface area contributed by atoms with E-state index in [1.54, 1.807) is 4.90 Å². The van der Waals surface area contributed by atoms with Crippen molar-refractivity contribution in [3.05, 3.63) is 101 Å². The highest BCUT2D eigenvalue weighted by Gasteiger charge is 2.23. The molecule has 0 unspecified atom stereocenters. The second kappa shape index (κ2) is 11.4. The first-order chi connectivity index (χ1) is 20.0. The van der Waals surface area contributed by atoms with Crippen LogP contribution in [-0.4, -0.2) is 33.3 Å². The van der Waals surface area contributed by atoms with Crippen molar-refractivity contribution < 1.29 is 9.59 Å².